The minimum absolute atomic E-state index is 0.366. The van der Waals surface area contributed by atoms with Gasteiger partial charge < -0.3 is 9.30 Å². The third kappa shape index (κ3) is 7.47. The summed E-state index contributed by atoms with van der Waals surface area (Å²) in [7, 11) is 1.74. The molecule has 0 bridgehead atoms. The molecule has 0 amide bonds. The largest absolute Gasteiger partial charge is 0.497 e. The van der Waals surface area contributed by atoms with E-state index in [2.05, 4.69) is 84.1 Å². The highest BCUT2D eigenvalue weighted by Gasteiger charge is 2.28. The number of unbranched alkanes of at least 4 members (excludes halogenated alkanes) is 2. The molecule has 4 nitrogen and oxygen atoms in total. The predicted molar refractivity (Wildman–Crippen MR) is 155 cm³/mol. The van der Waals surface area contributed by atoms with Gasteiger partial charge in [0.25, 0.3) is 0 Å². The van der Waals surface area contributed by atoms with E-state index < -0.39 is 0 Å². The van der Waals surface area contributed by atoms with Crippen LogP contribution in [0.4, 0.5) is 0 Å². The van der Waals surface area contributed by atoms with Crippen molar-refractivity contribution in [2.24, 2.45) is 5.92 Å². The fourth-order valence-corrected chi connectivity index (χ4v) is 5.91. The van der Waals surface area contributed by atoms with Crippen molar-refractivity contribution >= 4 is 0 Å². The number of hydrogen-bond acceptors (Lipinski definition) is 3. The molecule has 1 heterocycles. The molecule has 0 aliphatic heterocycles. The highest BCUT2D eigenvalue weighted by Crippen LogP contribution is 2.35. The molecular weight excluding hydrogens is 454 g/mol. The first-order valence-corrected chi connectivity index (χ1v) is 14.7. The number of imidazole rings is 1. The Balaban J connectivity index is 1.71. The van der Waals surface area contributed by atoms with E-state index in [4.69, 9.17) is 9.72 Å². The summed E-state index contributed by atoms with van der Waals surface area (Å²) in [4.78, 5) is 7.84. The molecule has 1 atom stereocenters. The van der Waals surface area contributed by atoms with Gasteiger partial charge in [-0.05, 0) is 49.3 Å². The summed E-state index contributed by atoms with van der Waals surface area (Å²) in [6, 6.07) is 19.8. The van der Waals surface area contributed by atoms with Crippen LogP contribution in [-0.2, 0) is 13.1 Å². The van der Waals surface area contributed by atoms with Crippen molar-refractivity contribution in [1.82, 2.24) is 14.5 Å². The first-order chi connectivity index (χ1) is 18.2. The van der Waals surface area contributed by atoms with E-state index in [1.807, 2.05) is 0 Å². The molecule has 4 heteroatoms. The molecule has 1 aliphatic carbocycles. The average molecular weight is 502 g/mol. The van der Waals surface area contributed by atoms with E-state index in [0.717, 1.165) is 30.6 Å². The zero-order valence-corrected chi connectivity index (χ0v) is 23.4. The van der Waals surface area contributed by atoms with Crippen LogP contribution in [-0.4, -0.2) is 28.1 Å². The molecule has 4 rings (SSSR count). The number of methoxy groups -OCH3 is 1. The summed E-state index contributed by atoms with van der Waals surface area (Å²) in [5, 5.41) is 0. The van der Waals surface area contributed by atoms with Crippen molar-refractivity contribution in [3.63, 3.8) is 0 Å². The maximum atomic E-state index is 5.44. The van der Waals surface area contributed by atoms with Gasteiger partial charge in [-0.2, -0.15) is 0 Å². The quantitative estimate of drug-likeness (QED) is 0.221. The van der Waals surface area contributed by atoms with Crippen molar-refractivity contribution in [2.75, 3.05) is 13.7 Å². The van der Waals surface area contributed by atoms with E-state index in [1.54, 1.807) is 7.11 Å². The van der Waals surface area contributed by atoms with Crippen molar-refractivity contribution < 1.29 is 4.74 Å². The van der Waals surface area contributed by atoms with Crippen LogP contribution < -0.4 is 4.74 Å². The highest BCUT2D eigenvalue weighted by atomic mass is 16.5. The Morgan fingerprint density at radius 2 is 1.68 bits per heavy atom. The molecule has 0 radical (unpaired) electrons. The summed E-state index contributed by atoms with van der Waals surface area (Å²) in [5.74, 6) is 2.83. The second-order valence-electron chi connectivity index (χ2n) is 10.8. The van der Waals surface area contributed by atoms with Crippen LogP contribution in [0.5, 0.6) is 5.75 Å². The number of benzene rings is 2. The molecule has 0 unspecified atom stereocenters. The van der Waals surface area contributed by atoms with Crippen LogP contribution in [0.2, 0.25) is 0 Å². The van der Waals surface area contributed by atoms with Crippen LogP contribution in [0, 0.1) is 5.92 Å². The Kier molecular flexibility index (Phi) is 10.7. The molecule has 0 saturated heterocycles. The molecule has 37 heavy (non-hydrogen) atoms. The van der Waals surface area contributed by atoms with E-state index in [-0.39, 0.29) is 0 Å². The topological polar surface area (TPSA) is 30.3 Å². The zero-order chi connectivity index (χ0) is 25.9. The van der Waals surface area contributed by atoms with Crippen molar-refractivity contribution in [3.8, 4) is 17.1 Å². The number of ether oxygens (including phenoxy) is 1. The lowest BCUT2D eigenvalue weighted by Crippen LogP contribution is -2.35. The molecule has 1 aromatic heterocycles. The lowest BCUT2D eigenvalue weighted by Gasteiger charge is -2.36. The second-order valence-corrected chi connectivity index (χ2v) is 10.8. The minimum Gasteiger partial charge on any atom is -0.497 e. The van der Waals surface area contributed by atoms with E-state index in [9.17, 15) is 0 Å². The maximum absolute atomic E-state index is 5.44. The third-order valence-electron chi connectivity index (χ3n) is 8.03. The lowest BCUT2D eigenvalue weighted by atomic mass is 9.88. The molecule has 1 aliphatic rings. The van der Waals surface area contributed by atoms with E-state index in [0.29, 0.717) is 6.04 Å². The van der Waals surface area contributed by atoms with Gasteiger partial charge >= 0.3 is 0 Å². The van der Waals surface area contributed by atoms with Crippen LogP contribution >= 0.6 is 0 Å². The van der Waals surface area contributed by atoms with Crippen molar-refractivity contribution in [1.29, 1.82) is 0 Å². The fraction of sp³-hybridized carbons (Fsp3) is 0.545. The summed E-state index contributed by atoms with van der Waals surface area (Å²) in [5.41, 5.74) is 3.97. The van der Waals surface area contributed by atoms with Crippen molar-refractivity contribution in [2.45, 2.75) is 97.2 Å². The zero-order valence-electron chi connectivity index (χ0n) is 23.4. The maximum Gasteiger partial charge on any atom is 0.140 e. The normalized spacial score (nSPS) is 15.2. The summed E-state index contributed by atoms with van der Waals surface area (Å²) in [6.07, 6.45) is 15.1. The fourth-order valence-electron chi connectivity index (χ4n) is 5.91. The Morgan fingerprint density at radius 3 is 2.35 bits per heavy atom. The SMILES string of the molecule is CCCC[C@@H](c1cnc(-c2ccccc2)n1CCCC)N(Cc1ccc(OC)cc1)CC1CCCCC1. The summed E-state index contributed by atoms with van der Waals surface area (Å²) in [6.45, 7) is 7.76. The minimum atomic E-state index is 0.366. The van der Waals surface area contributed by atoms with Gasteiger partial charge in [-0.3, -0.25) is 4.90 Å². The van der Waals surface area contributed by atoms with E-state index in [1.165, 1.54) is 87.6 Å². The number of nitrogens with zero attached hydrogens (tertiary/aromatic N) is 3. The second kappa shape index (κ2) is 14.4. The van der Waals surface area contributed by atoms with Crippen LogP contribution in [0.1, 0.15) is 95.4 Å². The smallest absolute Gasteiger partial charge is 0.140 e. The van der Waals surface area contributed by atoms with Gasteiger partial charge in [0.15, 0.2) is 0 Å². The molecule has 0 N–H and O–H groups in total. The van der Waals surface area contributed by atoms with Gasteiger partial charge in [-0.15, -0.1) is 0 Å². The Bertz CT molecular complexity index is 1040. The molecular formula is C33H47N3O. The molecule has 200 valence electrons. The number of aromatic nitrogens is 2. The summed E-state index contributed by atoms with van der Waals surface area (Å²) >= 11 is 0. The Hall–Kier alpha value is -2.59. The lowest BCUT2D eigenvalue weighted by molar-refractivity contribution is 0.127. The van der Waals surface area contributed by atoms with Crippen molar-refractivity contribution in [3.05, 3.63) is 72.1 Å². The van der Waals surface area contributed by atoms with Crippen LogP contribution in [0.15, 0.2) is 60.8 Å². The van der Waals surface area contributed by atoms with Crippen LogP contribution in [0.3, 0.4) is 0 Å². The molecule has 1 fully saturated rings. The Morgan fingerprint density at radius 1 is 0.946 bits per heavy atom. The predicted octanol–water partition coefficient (Wildman–Crippen LogP) is 8.67. The van der Waals surface area contributed by atoms with Gasteiger partial charge in [-0.1, -0.05) is 94.8 Å². The number of rotatable bonds is 14. The average Bonchev–Trinajstić information content (AvgIpc) is 3.37. The molecule has 0 spiro atoms. The monoisotopic (exact) mass is 501 g/mol. The standard InChI is InChI=1S/C33H47N3O/c1-4-6-18-31(32-24-34-33(36(32)23-7-5-2)29-16-12-9-13-17-29)35(25-27-14-10-8-11-15-27)26-28-19-21-30(37-3)22-20-28/h9,12-13,16-17,19-22,24,27,31H,4-8,10-11,14-15,18,23,25-26H2,1-3H3/t31-/m0/s1. The van der Waals surface area contributed by atoms with Gasteiger partial charge in [0, 0.05) is 25.2 Å². The number of hydrogen-bond donors (Lipinski definition) is 0. The van der Waals surface area contributed by atoms with E-state index >= 15 is 0 Å². The van der Waals surface area contributed by atoms with Gasteiger partial charge in [-0.25, -0.2) is 4.98 Å². The summed E-state index contributed by atoms with van der Waals surface area (Å²) < 4.78 is 7.98. The first-order valence-electron chi connectivity index (χ1n) is 14.7. The van der Waals surface area contributed by atoms with Crippen LogP contribution in [0.25, 0.3) is 11.4 Å². The Labute approximate surface area is 225 Å². The molecule has 1 saturated carbocycles. The molecule has 3 aromatic rings. The molecule has 2 aromatic carbocycles. The van der Waals surface area contributed by atoms with Gasteiger partial charge in [0.2, 0.25) is 0 Å². The highest BCUT2D eigenvalue weighted by molar-refractivity contribution is 5.56. The first kappa shape index (κ1) is 27.4. The van der Waals surface area contributed by atoms with Gasteiger partial charge in [0.1, 0.15) is 11.6 Å². The third-order valence-corrected chi connectivity index (χ3v) is 8.03. The van der Waals surface area contributed by atoms with Gasteiger partial charge in [0.05, 0.1) is 25.0 Å².